The van der Waals surface area contributed by atoms with E-state index in [-0.39, 0.29) is 6.04 Å². The molecule has 1 unspecified atom stereocenters. The van der Waals surface area contributed by atoms with Gasteiger partial charge in [-0.15, -0.1) is 0 Å². The van der Waals surface area contributed by atoms with Crippen LogP contribution in [0.25, 0.3) is 0 Å². The van der Waals surface area contributed by atoms with Crippen LogP contribution in [0.15, 0.2) is 24.3 Å². The Morgan fingerprint density at radius 1 is 1.36 bits per heavy atom. The number of rotatable bonds is 4. The Morgan fingerprint density at radius 2 is 2.07 bits per heavy atom. The maximum atomic E-state index is 9.27. The molecule has 0 radical (unpaired) electrons. The van der Waals surface area contributed by atoms with Crippen LogP contribution in [0.2, 0.25) is 0 Å². The topological polar surface area (TPSA) is 46.2 Å². The highest BCUT2D eigenvalue weighted by Crippen LogP contribution is 2.14. The van der Waals surface area contributed by atoms with Gasteiger partial charge in [-0.1, -0.05) is 26.0 Å². The van der Waals surface area contributed by atoms with Crippen LogP contribution in [0.1, 0.15) is 25.8 Å². The average Bonchev–Trinajstić information content (AvgIpc) is 2.01. The van der Waals surface area contributed by atoms with Gasteiger partial charge in [0.15, 0.2) is 0 Å². The van der Waals surface area contributed by atoms with Gasteiger partial charge in [0.1, 0.15) is 5.75 Å². The Balaban J connectivity index is 2.51. The van der Waals surface area contributed by atoms with Crippen molar-refractivity contribution in [2.75, 3.05) is 0 Å². The summed E-state index contributed by atoms with van der Waals surface area (Å²) < 4.78 is 0. The molecule has 78 valence electrons. The Morgan fingerprint density at radius 3 is 2.64 bits per heavy atom. The largest absolute Gasteiger partial charge is 0.508 e. The normalized spacial score (nSPS) is 13.1. The average molecular weight is 193 g/mol. The molecule has 0 aliphatic carbocycles. The van der Waals surface area contributed by atoms with Crippen molar-refractivity contribution in [2.45, 2.75) is 32.7 Å². The van der Waals surface area contributed by atoms with E-state index in [0.29, 0.717) is 11.7 Å². The molecule has 0 aliphatic rings. The molecule has 0 saturated heterocycles. The lowest BCUT2D eigenvalue weighted by Gasteiger charge is -2.13. The van der Waals surface area contributed by atoms with E-state index in [1.165, 1.54) is 0 Å². The third-order valence-electron chi connectivity index (χ3n) is 2.18. The molecule has 0 heterocycles. The highest BCUT2D eigenvalue weighted by Gasteiger charge is 2.06. The van der Waals surface area contributed by atoms with Crippen molar-refractivity contribution in [3.05, 3.63) is 29.8 Å². The maximum Gasteiger partial charge on any atom is 0.115 e. The fourth-order valence-corrected chi connectivity index (χ4v) is 1.68. The molecule has 0 saturated carbocycles. The summed E-state index contributed by atoms with van der Waals surface area (Å²) in [4.78, 5) is 0. The van der Waals surface area contributed by atoms with Gasteiger partial charge in [0.05, 0.1) is 0 Å². The molecule has 1 aromatic rings. The maximum absolute atomic E-state index is 9.27. The second kappa shape index (κ2) is 5.01. The van der Waals surface area contributed by atoms with Crippen LogP contribution in [0.4, 0.5) is 0 Å². The molecule has 3 N–H and O–H groups in total. The molecule has 1 aromatic carbocycles. The number of phenols is 1. The van der Waals surface area contributed by atoms with E-state index in [4.69, 9.17) is 5.73 Å². The van der Waals surface area contributed by atoms with Gasteiger partial charge < -0.3 is 10.8 Å². The van der Waals surface area contributed by atoms with E-state index in [9.17, 15) is 5.11 Å². The summed E-state index contributed by atoms with van der Waals surface area (Å²) in [6.45, 7) is 4.34. The Bertz CT molecular complexity index is 283. The zero-order valence-electron chi connectivity index (χ0n) is 8.90. The van der Waals surface area contributed by atoms with Crippen LogP contribution in [-0.2, 0) is 6.42 Å². The molecule has 14 heavy (non-hydrogen) atoms. The summed E-state index contributed by atoms with van der Waals surface area (Å²) in [6, 6.07) is 7.50. The molecule has 2 heteroatoms. The monoisotopic (exact) mass is 193 g/mol. The summed E-state index contributed by atoms with van der Waals surface area (Å²) in [6.07, 6.45) is 1.86. The van der Waals surface area contributed by atoms with Gasteiger partial charge in [0.2, 0.25) is 0 Å². The van der Waals surface area contributed by atoms with E-state index in [1.54, 1.807) is 12.1 Å². The number of aromatic hydroxyl groups is 1. The smallest absolute Gasteiger partial charge is 0.115 e. The minimum Gasteiger partial charge on any atom is -0.508 e. The zero-order chi connectivity index (χ0) is 10.6. The van der Waals surface area contributed by atoms with Gasteiger partial charge in [-0.2, -0.15) is 0 Å². The van der Waals surface area contributed by atoms with Crippen LogP contribution in [-0.4, -0.2) is 11.1 Å². The van der Waals surface area contributed by atoms with E-state index in [0.717, 1.165) is 18.4 Å². The molecule has 0 amide bonds. The second-order valence-electron chi connectivity index (χ2n) is 4.26. The fourth-order valence-electron chi connectivity index (χ4n) is 1.68. The first kappa shape index (κ1) is 11.1. The number of phenolic OH excluding ortho intramolecular Hbond substituents is 1. The van der Waals surface area contributed by atoms with Crippen LogP contribution in [0, 0.1) is 5.92 Å². The van der Waals surface area contributed by atoms with Gasteiger partial charge in [0, 0.05) is 6.04 Å². The Labute approximate surface area is 85.8 Å². The van der Waals surface area contributed by atoms with Crippen LogP contribution < -0.4 is 5.73 Å². The molecule has 1 atom stereocenters. The lowest BCUT2D eigenvalue weighted by molar-refractivity contribution is 0.471. The van der Waals surface area contributed by atoms with E-state index >= 15 is 0 Å². The second-order valence-corrected chi connectivity index (χ2v) is 4.26. The van der Waals surface area contributed by atoms with Crippen LogP contribution >= 0.6 is 0 Å². The predicted molar refractivity (Wildman–Crippen MR) is 59.2 cm³/mol. The van der Waals surface area contributed by atoms with Crippen molar-refractivity contribution in [3.63, 3.8) is 0 Å². The Hall–Kier alpha value is -1.02. The third-order valence-corrected chi connectivity index (χ3v) is 2.18. The number of nitrogens with two attached hydrogens (primary N) is 1. The van der Waals surface area contributed by atoms with Gasteiger partial charge in [-0.25, -0.2) is 0 Å². The first-order chi connectivity index (χ1) is 6.58. The van der Waals surface area contributed by atoms with Crippen molar-refractivity contribution in [1.82, 2.24) is 0 Å². The quantitative estimate of drug-likeness (QED) is 0.770. The first-order valence-electron chi connectivity index (χ1n) is 5.11. The highest BCUT2D eigenvalue weighted by molar-refractivity contribution is 5.27. The SMILES string of the molecule is CC(C)CC(N)Cc1cccc(O)c1. The first-order valence-corrected chi connectivity index (χ1v) is 5.11. The molecule has 2 nitrogen and oxygen atoms in total. The van der Waals surface area contributed by atoms with Crippen molar-refractivity contribution >= 4 is 0 Å². The summed E-state index contributed by atoms with van der Waals surface area (Å²) >= 11 is 0. The van der Waals surface area contributed by atoms with Crippen LogP contribution in [0.3, 0.4) is 0 Å². The fraction of sp³-hybridized carbons (Fsp3) is 0.500. The molecule has 0 aliphatic heterocycles. The molecular weight excluding hydrogens is 174 g/mol. The Kier molecular flexibility index (Phi) is 3.96. The molecule has 0 fully saturated rings. The lowest BCUT2D eigenvalue weighted by Crippen LogP contribution is -2.24. The van der Waals surface area contributed by atoms with Gasteiger partial charge in [0.25, 0.3) is 0 Å². The van der Waals surface area contributed by atoms with Gasteiger partial charge >= 0.3 is 0 Å². The molecule has 0 aromatic heterocycles. The lowest BCUT2D eigenvalue weighted by atomic mass is 9.98. The highest BCUT2D eigenvalue weighted by atomic mass is 16.3. The van der Waals surface area contributed by atoms with Gasteiger partial charge in [-0.05, 0) is 36.5 Å². The predicted octanol–water partition coefficient (Wildman–Crippen LogP) is 2.31. The molecule has 0 bridgehead atoms. The van der Waals surface area contributed by atoms with Crippen molar-refractivity contribution < 1.29 is 5.11 Å². The third kappa shape index (κ3) is 3.79. The van der Waals surface area contributed by atoms with E-state index in [2.05, 4.69) is 13.8 Å². The standard InChI is InChI=1S/C12H19NO/c1-9(2)6-11(13)7-10-4-3-5-12(14)8-10/h3-5,8-9,11,14H,6-7,13H2,1-2H3. The summed E-state index contributed by atoms with van der Waals surface area (Å²) in [7, 11) is 0. The van der Waals surface area contributed by atoms with E-state index < -0.39 is 0 Å². The zero-order valence-corrected chi connectivity index (χ0v) is 8.90. The number of benzene rings is 1. The summed E-state index contributed by atoms with van der Waals surface area (Å²) in [5.74, 6) is 0.946. The van der Waals surface area contributed by atoms with Crippen LogP contribution in [0.5, 0.6) is 5.75 Å². The van der Waals surface area contributed by atoms with E-state index in [1.807, 2.05) is 12.1 Å². The minimum atomic E-state index is 0.191. The molecular formula is C12H19NO. The molecule has 1 rings (SSSR count). The number of hydrogen-bond acceptors (Lipinski definition) is 2. The summed E-state index contributed by atoms with van der Waals surface area (Å²) in [5.41, 5.74) is 7.08. The molecule has 0 spiro atoms. The minimum absolute atomic E-state index is 0.191. The van der Waals surface area contributed by atoms with Crippen molar-refractivity contribution in [2.24, 2.45) is 11.7 Å². The van der Waals surface area contributed by atoms with Gasteiger partial charge in [-0.3, -0.25) is 0 Å². The summed E-state index contributed by atoms with van der Waals surface area (Å²) in [5, 5.41) is 9.27. The van der Waals surface area contributed by atoms with Crippen molar-refractivity contribution in [1.29, 1.82) is 0 Å². The number of hydrogen-bond donors (Lipinski definition) is 2. The van der Waals surface area contributed by atoms with Crippen molar-refractivity contribution in [3.8, 4) is 5.75 Å².